The Labute approximate surface area is 150 Å². The second-order valence-corrected chi connectivity index (χ2v) is 6.70. The van der Waals surface area contributed by atoms with Crippen molar-refractivity contribution < 1.29 is 18.0 Å². The monoisotopic (exact) mass is 384 g/mol. The van der Waals surface area contributed by atoms with Gasteiger partial charge in [0.05, 0.1) is 17.5 Å². The van der Waals surface area contributed by atoms with Gasteiger partial charge in [0.25, 0.3) is 5.91 Å². The van der Waals surface area contributed by atoms with Crippen molar-refractivity contribution in [3.8, 4) is 0 Å². The number of nitrogens with two attached hydrogens (primary N) is 1. The van der Waals surface area contributed by atoms with Crippen LogP contribution in [0.25, 0.3) is 0 Å². The number of aromatic nitrogens is 3. The van der Waals surface area contributed by atoms with Crippen LogP contribution >= 0.6 is 11.8 Å². The van der Waals surface area contributed by atoms with Crippen molar-refractivity contribution in [2.75, 3.05) is 17.7 Å². The van der Waals surface area contributed by atoms with Crippen molar-refractivity contribution in [3.63, 3.8) is 0 Å². The summed E-state index contributed by atoms with van der Waals surface area (Å²) in [6.07, 6.45) is 3.81. The number of anilines is 1. The quantitative estimate of drug-likeness (QED) is 0.826. The normalized spacial score (nSPS) is 20.1. The zero-order valence-corrected chi connectivity index (χ0v) is 14.2. The molecule has 138 valence electrons. The lowest BCUT2D eigenvalue weighted by molar-refractivity contribution is 0.0565. The zero-order valence-electron chi connectivity index (χ0n) is 13.4. The Kier molecular flexibility index (Phi) is 5.16. The number of carbonyl (C=O) groups is 1. The van der Waals surface area contributed by atoms with Crippen LogP contribution in [0, 0.1) is 0 Å². The molecule has 11 heteroatoms. The van der Waals surface area contributed by atoms with E-state index >= 15 is 0 Å². The number of halogens is 3. The first-order valence-corrected chi connectivity index (χ1v) is 8.56. The summed E-state index contributed by atoms with van der Waals surface area (Å²) in [6, 6.07) is 3.01. The maximum Gasteiger partial charge on any atom is 0.333 e. The Morgan fingerprint density at radius 3 is 2.96 bits per heavy atom. The Hall–Kier alpha value is -2.56. The SMILES string of the molecule is NC1=N[C@](CF)(c2cc(NC(=O)c3cnn(C(F)F)c3)ccn2)CCS1. The van der Waals surface area contributed by atoms with Crippen LogP contribution < -0.4 is 11.1 Å². The van der Waals surface area contributed by atoms with Gasteiger partial charge >= 0.3 is 6.55 Å². The third-order valence-corrected chi connectivity index (χ3v) is 4.66. The van der Waals surface area contributed by atoms with Gasteiger partial charge in [-0.1, -0.05) is 11.8 Å². The molecular formula is C15H15F3N6OS. The first-order chi connectivity index (χ1) is 12.4. The molecule has 26 heavy (non-hydrogen) atoms. The van der Waals surface area contributed by atoms with Gasteiger partial charge in [0.2, 0.25) is 0 Å². The van der Waals surface area contributed by atoms with Crippen molar-refractivity contribution in [2.45, 2.75) is 18.5 Å². The molecule has 0 saturated heterocycles. The van der Waals surface area contributed by atoms with Gasteiger partial charge < -0.3 is 11.1 Å². The number of rotatable bonds is 5. The van der Waals surface area contributed by atoms with E-state index in [1.807, 2.05) is 0 Å². The molecule has 0 aliphatic carbocycles. The van der Waals surface area contributed by atoms with E-state index in [2.05, 4.69) is 20.4 Å². The number of nitrogens with one attached hydrogen (secondary N) is 1. The standard InChI is InChI=1S/C15H15F3N6OS/c16-8-15(2-4-26-14(19)23-15)11-5-10(1-3-20-11)22-12(25)9-6-21-24(7-9)13(17)18/h1,3,5-7,13H,2,4,8H2,(H2,19,23)(H,20,22,25)/t15-/m1/s1. The average Bonchev–Trinajstić information content (AvgIpc) is 3.12. The molecule has 1 amide bonds. The third kappa shape index (κ3) is 3.66. The molecule has 1 atom stereocenters. The van der Waals surface area contributed by atoms with E-state index < -0.39 is 24.7 Å². The summed E-state index contributed by atoms with van der Waals surface area (Å²) >= 11 is 1.34. The van der Waals surface area contributed by atoms with Gasteiger partial charge in [-0.3, -0.25) is 9.78 Å². The fourth-order valence-corrected chi connectivity index (χ4v) is 3.39. The van der Waals surface area contributed by atoms with Gasteiger partial charge in [-0.15, -0.1) is 0 Å². The topological polar surface area (TPSA) is 98.2 Å². The first kappa shape index (κ1) is 18.2. The molecule has 3 N–H and O–H groups in total. The number of thioether (sulfide) groups is 1. The number of carbonyl (C=O) groups excluding carboxylic acids is 1. The molecule has 1 aliphatic rings. The maximum absolute atomic E-state index is 13.7. The Morgan fingerprint density at radius 2 is 2.31 bits per heavy atom. The van der Waals surface area contributed by atoms with E-state index in [0.29, 0.717) is 28.2 Å². The number of hydrogen-bond donors (Lipinski definition) is 2. The summed E-state index contributed by atoms with van der Waals surface area (Å²) in [6.45, 7) is -3.61. The summed E-state index contributed by atoms with van der Waals surface area (Å²) in [4.78, 5) is 20.6. The lowest BCUT2D eigenvalue weighted by atomic mass is 9.93. The minimum atomic E-state index is -2.83. The molecule has 0 saturated carbocycles. The zero-order chi connectivity index (χ0) is 18.7. The second-order valence-electron chi connectivity index (χ2n) is 5.58. The fraction of sp³-hybridized carbons (Fsp3) is 0.333. The molecule has 0 unspecified atom stereocenters. The van der Waals surface area contributed by atoms with Crippen LogP contribution in [0.5, 0.6) is 0 Å². The molecular weight excluding hydrogens is 369 g/mol. The molecule has 0 radical (unpaired) electrons. The van der Waals surface area contributed by atoms with Crippen molar-refractivity contribution in [1.82, 2.24) is 14.8 Å². The van der Waals surface area contributed by atoms with Gasteiger partial charge in [-0.25, -0.2) is 14.1 Å². The maximum atomic E-state index is 13.7. The van der Waals surface area contributed by atoms with E-state index in [1.54, 1.807) is 0 Å². The lowest BCUT2D eigenvalue weighted by Gasteiger charge is -2.30. The summed E-state index contributed by atoms with van der Waals surface area (Å²) in [5, 5.41) is 6.25. The third-order valence-electron chi connectivity index (χ3n) is 3.87. The molecule has 7 nitrogen and oxygen atoms in total. The highest BCUT2D eigenvalue weighted by Gasteiger charge is 2.36. The number of nitrogens with zero attached hydrogens (tertiary/aromatic N) is 4. The number of aliphatic imine (C=N–C) groups is 1. The Balaban J connectivity index is 1.83. The van der Waals surface area contributed by atoms with Crippen molar-refractivity contribution in [2.24, 2.45) is 10.7 Å². The molecule has 0 fully saturated rings. The largest absolute Gasteiger partial charge is 0.379 e. The van der Waals surface area contributed by atoms with Crippen LogP contribution in [0.2, 0.25) is 0 Å². The summed E-state index contributed by atoms with van der Waals surface area (Å²) < 4.78 is 39.2. The van der Waals surface area contributed by atoms with Crippen LogP contribution in [-0.2, 0) is 5.54 Å². The van der Waals surface area contributed by atoms with Crippen LogP contribution in [0.3, 0.4) is 0 Å². The predicted octanol–water partition coefficient (Wildman–Crippen LogP) is 2.54. The van der Waals surface area contributed by atoms with Crippen LogP contribution in [0.1, 0.15) is 29.0 Å². The highest BCUT2D eigenvalue weighted by Crippen LogP contribution is 2.35. The summed E-state index contributed by atoms with van der Waals surface area (Å²) in [5.74, 6) is -0.0183. The number of alkyl halides is 3. The van der Waals surface area contributed by atoms with Crippen molar-refractivity contribution in [3.05, 3.63) is 42.0 Å². The Morgan fingerprint density at radius 1 is 1.50 bits per heavy atom. The van der Waals surface area contributed by atoms with E-state index in [1.165, 1.54) is 30.1 Å². The number of amides is 1. The van der Waals surface area contributed by atoms with Crippen LogP contribution in [-0.4, -0.2) is 38.3 Å². The molecule has 3 heterocycles. The minimum Gasteiger partial charge on any atom is -0.379 e. The number of hydrogen-bond acceptors (Lipinski definition) is 6. The van der Waals surface area contributed by atoms with E-state index in [-0.39, 0.29) is 10.7 Å². The molecule has 3 rings (SSSR count). The van der Waals surface area contributed by atoms with Gasteiger partial charge in [0, 0.05) is 23.8 Å². The smallest absolute Gasteiger partial charge is 0.333 e. The van der Waals surface area contributed by atoms with Crippen molar-refractivity contribution in [1.29, 1.82) is 0 Å². The average molecular weight is 384 g/mol. The van der Waals surface area contributed by atoms with E-state index in [0.717, 1.165) is 12.4 Å². The molecule has 1 aliphatic heterocycles. The van der Waals surface area contributed by atoms with Crippen LogP contribution in [0.15, 0.2) is 35.7 Å². The summed E-state index contributed by atoms with van der Waals surface area (Å²) in [7, 11) is 0. The predicted molar refractivity (Wildman–Crippen MR) is 92.0 cm³/mol. The van der Waals surface area contributed by atoms with E-state index in [9.17, 15) is 18.0 Å². The van der Waals surface area contributed by atoms with Crippen molar-refractivity contribution >= 4 is 28.5 Å². The first-order valence-electron chi connectivity index (χ1n) is 7.58. The highest BCUT2D eigenvalue weighted by molar-refractivity contribution is 8.13. The molecule has 2 aromatic heterocycles. The molecule has 0 bridgehead atoms. The molecule has 0 aromatic carbocycles. The van der Waals surface area contributed by atoms with E-state index in [4.69, 9.17) is 5.73 Å². The highest BCUT2D eigenvalue weighted by atomic mass is 32.2. The lowest BCUT2D eigenvalue weighted by Crippen LogP contribution is -2.34. The minimum absolute atomic E-state index is 0.0276. The summed E-state index contributed by atoms with van der Waals surface area (Å²) in [5.41, 5.74) is 5.19. The Bertz CT molecular complexity index is 842. The number of amidine groups is 1. The van der Waals surface area contributed by atoms with Gasteiger partial charge in [-0.05, 0) is 18.6 Å². The number of pyridine rings is 1. The van der Waals surface area contributed by atoms with Gasteiger partial charge in [-0.2, -0.15) is 13.9 Å². The van der Waals surface area contributed by atoms with Gasteiger partial charge in [0.15, 0.2) is 5.17 Å². The van der Waals surface area contributed by atoms with Crippen LogP contribution in [0.4, 0.5) is 18.9 Å². The molecule has 0 spiro atoms. The van der Waals surface area contributed by atoms with Gasteiger partial charge in [0.1, 0.15) is 12.2 Å². The second kappa shape index (κ2) is 7.36. The molecule has 2 aromatic rings. The fourth-order valence-electron chi connectivity index (χ4n) is 2.50.